The van der Waals surface area contributed by atoms with Gasteiger partial charge in [0, 0.05) is 4.88 Å². The lowest BCUT2D eigenvalue weighted by molar-refractivity contribution is -0.156. The van der Waals surface area contributed by atoms with Crippen LogP contribution in [-0.4, -0.2) is 28.3 Å². The molecular formula is C15H20N2O2S. The van der Waals surface area contributed by atoms with Gasteiger partial charge in [0.2, 0.25) is 11.8 Å². The average molecular weight is 292 g/mol. The van der Waals surface area contributed by atoms with E-state index in [2.05, 4.69) is 5.32 Å². The third-order valence-electron chi connectivity index (χ3n) is 4.63. The average Bonchev–Trinajstić information content (AvgIpc) is 3.09. The van der Waals surface area contributed by atoms with Crippen molar-refractivity contribution in [1.82, 2.24) is 10.2 Å². The van der Waals surface area contributed by atoms with Gasteiger partial charge in [-0.15, -0.1) is 11.3 Å². The van der Waals surface area contributed by atoms with E-state index in [0.717, 1.165) is 30.6 Å². The molecule has 4 nitrogen and oxygen atoms in total. The minimum absolute atomic E-state index is 0.0186. The second-order valence-corrected chi connectivity index (χ2v) is 6.84. The lowest BCUT2D eigenvalue weighted by atomic mass is 9.90. The molecule has 1 aliphatic carbocycles. The van der Waals surface area contributed by atoms with Crippen molar-refractivity contribution in [2.24, 2.45) is 0 Å². The minimum Gasteiger partial charge on any atom is -0.340 e. The first-order valence-electron chi connectivity index (χ1n) is 7.23. The fourth-order valence-electron chi connectivity index (χ4n) is 3.44. The molecule has 0 radical (unpaired) electrons. The van der Waals surface area contributed by atoms with Gasteiger partial charge in [0.05, 0.1) is 6.04 Å². The lowest BCUT2D eigenvalue weighted by Crippen LogP contribution is -2.68. The Morgan fingerprint density at radius 3 is 2.70 bits per heavy atom. The molecule has 20 heavy (non-hydrogen) atoms. The molecule has 0 bridgehead atoms. The van der Waals surface area contributed by atoms with Crippen LogP contribution in [0.15, 0.2) is 17.5 Å². The SMILES string of the molecule is CC1C(=O)NC2(CCCC2)C(=O)N1C(C)c1cccs1. The molecule has 2 aliphatic rings. The van der Waals surface area contributed by atoms with Crippen LogP contribution in [0, 0.1) is 0 Å². The van der Waals surface area contributed by atoms with Crippen LogP contribution in [0.25, 0.3) is 0 Å². The van der Waals surface area contributed by atoms with Crippen LogP contribution in [0.2, 0.25) is 0 Å². The second kappa shape index (κ2) is 4.88. The van der Waals surface area contributed by atoms with Gasteiger partial charge in [-0.1, -0.05) is 18.9 Å². The third kappa shape index (κ3) is 1.95. The van der Waals surface area contributed by atoms with E-state index in [-0.39, 0.29) is 17.9 Å². The van der Waals surface area contributed by atoms with Gasteiger partial charge in [-0.05, 0) is 38.1 Å². The zero-order valence-electron chi connectivity index (χ0n) is 11.9. The maximum Gasteiger partial charge on any atom is 0.249 e. The topological polar surface area (TPSA) is 49.4 Å². The van der Waals surface area contributed by atoms with E-state index < -0.39 is 11.6 Å². The lowest BCUT2D eigenvalue weighted by Gasteiger charge is -2.45. The summed E-state index contributed by atoms with van der Waals surface area (Å²) in [6, 6.07) is 3.58. The minimum atomic E-state index is -0.630. The molecule has 5 heteroatoms. The van der Waals surface area contributed by atoms with Crippen molar-refractivity contribution in [3.8, 4) is 0 Å². The molecule has 2 amide bonds. The number of piperazine rings is 1. The normalized spacial score (nSPS) is 26.9. The van der Waals surface area contributed by atoms with E-state index in [9.17, 15) is 9.59 Å². The van der Waals surface area contributed by atoms with Crippen LogP contribution in [-0.2, 0) is 9.59 Å². The zero-order chi connectivity index (χ0) is 14.3. The number of rotatable bonds is 2. The summed E-state index contributed by atoms with van der Waals surface area (Å²) in [5, 5.41) is 5.00. The van der Waals surface area contributed by atoms with E-state index in [1.54, 1.807) is 16.2 Å². The van der Waals surface area contributed by atoms with Crippen LogP contribution in [0.4, 0.5) is 0 Å². The van der Waals surface area contributed by atoms with Gasteiger partial charge in [0.15, 0.2) is 0 Å². The number of carbonyl (C=O) groups excluding carboxylic acids is 2. The first-order chi connectivity index (χ1) is 9.55. The molecule has 0 aromatic carbocycles. The molecule has 1 saturated carbocycles. The molecule has 2 unspecified atom stereocenters. The molecule has 1 aliphatic heterocycles. The molecular weight excluding hydrogens is 272 g/mol. The Hall–Kier alpha value is -1.36. The predicted octanol–water partition coefficient (Wildman–Crippen LogP) is 2.47. The number of nitrogens with zero attached hydrogens (tertiary/aromatic N) is 1. The monoisotopic (exact) mass is 292 g/mol. The molecule has 1 saturated heterocycles. The highest BCUT2D eigenvalue weighted by atomic mass is 32.1. The van der Waals surface area contributed by atoms with Crippen molar-refractivity contribution < 1.29 is 9.59 Å². The number of hydrogen-bond donors (Lipinski definition) is 1. The van der Waals surface area contributed by atoms with E-state index >= 15 is 0 Å². The number of amides is 2. The van der Waals surface area contributed by atoms with Gasteiger partial charge < -0.3 is 10.2 Å². The highest BCUT2D eigenvalue weighted by Gasteiger charge is 2.52. The van der Waals surface area contributed by atoms with Crippen molar-refractivity contribution >= 4 is 23.2 Å². The summed E-state index contributed by atoms with van der Waals surface area (Å²) in [5.74, 6) is 0.0814. The number of carbonyl (C=O) groups is 2. The molecule has 1 aromatic heterocycles. The van der Waals surface area contributed by atoms with Gasteiger partial charge in [0.25, 0.3) is 0 Å². The maximum atomic E-state index is 13.0. The summed E-state index contributed by atoms with van der Waals surface area (Å²) in [5.41, 5.74) is -0.630. The van der Waals surface area contributed by atoms with E-state index in [1.807, 2.05) is 31.4 Å². The van der Waals surface area contributed by atoms with Gasteiger partial charge in [0.1, 0.15) is 11.6 Å². The summed E-state index contributed by atoms with van der Waals surface area (Å²) in [6.45, 7) is 3.83. The largest absolute Gasteiger partial charge is 0.340 e. The third-order valence-corrected chi connectivity index (χ3v) is 5.67. The van der Waals surface area contributed by atoms with Crippen molar-refractivity contribution in [3.63, 3.8) is 0 Å². The van der Waals surface area contributed by atoms with Crippen LogP contribution < -0.4 is 5.32 Å². The summed E-state index contributed by atoms with van der Waals surface area (Å²) < 4.78 is 0. The maximum absolute atomic E-state index is 13.0. The molecule has 1 N–H and O–H groups in total. The summed E-state index contributed by atoms with van der Waals surface area (Å²) >= 11 is 1.64. The Kier molecular flexibility index (Phi) is 3.32. The van der Waals surface area contributed by atoms with Gasteiger partial charge in [-0.3, -0.25) is 9.59 Å². The molecule has 1 spiro atoms. The fourth-order valence-corrected chi connectivity index (χ4v) is 4.22. The van der Waals surface area contributed by atoms with Gasteiger partial charge >= 0.3 is 0 Å². The van der Waals surface area contributed by atoms with Gasteiger partial charge in [-0.25, -0.2) is 0 Å². The molecule has 2 fully saturated rings. The van der Waals surface area contributed by atoms with Crippen LogP contribution in [0.1, 0.15) is 50.4 Å². The first-order valence-corrected chi connectivity index (χ1v) is 8.11. The summed E-state index contributed by atoms with van der Waals surface area (Å²) in [4.78, 5) is 28.2. The van der Waals surface area contributed by atoms with Gasteiger partial charge in [-0.2, -0.15) is 0 Å². The number of thiophene rings is 1. The Labute approximate surface area is 123 Å². The smallest absolute Gasteiger partial charge is 0.249 e. The zero-order valence-corrected chi connectivity index (χ0v) is 12.7. The molecule has 3 rings (SSSR count). The predicted molar refractivity (Wildman–Crippen MR) is 78.4 cm³/mol. The van der Waals surface area contributed by atoms with Crippen molar-refractivity contribution in [2.45, 2.75) is 57.2 Å². The molecule has 2 atom stereocenters. The number of nitrogens with one attached hydrogen (secondary N) is 1. The summed E-state index contributed by atoms with van der Waals surface area (Å²) in [6.07, 6.45) is 3.58. The second-order valence-electron chi connectivity index (χ2n) is 5.86. The molecule has 2 heterocycles. The standard InChI is InChI=1S/C15H20N2O2S/c1-10(12-6-5-9-20-12)17-11(2)13(18)16-15(14(17)19)7-3-4-8-15/h5-6,9-11H,3-4,7-8H2,1-2H3,(H,16,18). The highest BCUT2D eigenvalue weighted by Crippen LogP contribution is 2.38. The first kappa shape index (κ1) is 13.6. The molecule has 108 valence electrons. The van der Waals surface area contributed by atoms with E-state index in [4.69, 9.17) is 0 Å². The highest BCUT2D eigenvalue weighted by molar-refractivity contribution is 7.10. The number of hydrogen-bond acceptors (Lipinski definition) is 3. The Bertz CT molecular complexity index is 520. The molecule has 1 aromatic rings. The summed E-state index contributed by atoms with van der Waals surface area (Å²) in [7, 11) is 0. The van der Waals surface area contributed by atoms with Crippen molar-refractivity contribution in [3.05, 3.63) is 22.4 Å². The Balaban J connectivity index is 1.94. The van der Waals surface area contributed by atoms with Crippen molar-refractivity contribution in [2.75, 3.05) is 0 Å². The van der Waals surface area contributed by atoms with Crippen molar-refractivity contribution in [1.29, 1.82) is 0 Å². The quantitative estimate of drug-likeness (QED) is 0.910. The Morgan fingerprint density at radius 1 is 1.40 bits per heavy atom. The van der Waals surface area contributed by atoms with E-state index in [0.29, 0.717) is 0 Å². The Morgan fingerprint density at radius 2 is 2.10 bits per heavy atom. The van der Waals surface area contributed by atoms with E-state index in [1.165, 1.54) is 0 Å². The van der Waals surface area contributed by atoms with Crippen LogP contribution in [0.3, 0.4) is 0 Å². The fraction of sp³-hybridized carbons (Fsp3) is 0.600. The van der Waals surface area contributed by atoms with Crippen LogP contribution in [0.5, 0.6) is 0 Å². The van der Waals surface area contributed by atoms with Crippen LogP contribution >= 0.6 is 11.3 Å².